The predicted octanol–water partition coefficient (Wildman–Crippen LogP) is 14.1. The van der Waals surface area contributed by atoms with Crippen LogP contribution in [0.5, 0.6) is 0 Å². The van der Waals surface area contributed by atoms with E-state index in [0.29, 0.717) is 25.9 Å². The van der Waals surface area contributed by atoms with Gasteiger partial charge < -0.3 is 15.1 Å². The average Bonchev–Trinajstić information content (AvgIpc) is 3.58. The minimum absolute atomic E-state index is 0.0453. The van der Waals surface area contributed by atoms with E-state index in [1.165, 1.54) is 33.9 Å². The van der Waals surface area contributed by atoms with Crippen molar-refractivity contribution in [2.45, 2.75) is 96.4 Å². The van der Waals surface area contributed by atoms with Crippen LogP contribution in [0.2, 0.25) is 0 Å². The third kappa shape index (κ3) is 13.1. The van der Waals surface area contributed by atoms with Crippen molar-refractivity contribution in [1.82, 2.24) is 5.32 Å². The molecular weight excluding hydrogens is 870 g/mol. The number of amides is 2. The molecule has 3 heterocycles. The first-order valence-electron chi connectivity index (χ1n) is 22.5. The minimum atomic E-state index is -10.7. The molecule has 0 spiro atoms. The molecule has 0 aliphatic carbocycles. The van der Waals surface area contributed by atoms with Gasteiger partial charge in [0.1, 0.15) is 7.05 Å². The molecule has 7 rings (SSSR count). The fourth-order valence-electron chi connectivity index (χ4n) is 9.01. The van der Waals surface area contributed by atoms with E-state index in [4.69, 9.17) is 0 Å². The number of anilines is 2. The third-order valence-corrected chi connectivity index (χ3v) is 12.3. The van der Waals surface area contributed by atoms with Gasteiger partial charge in [-0.1, -0.05) is 123 Å². The molecule has 0 aromatic heterocycles. The second-order valence-electron chi connectivity index (χ2n) is 18.0. The zero-order valence-electron chi connectivity index (χ0n) is 38.3. The fourth-order valence-corrected chi connectivity index (χ4v) is 9.01. The Kier molecular flexibility index (Phi) is 14.6. The molecule has 4 aromatic rings. The number of halogens is 6. The molecule has 0 atom stereocenters. The van der Waals surface area contributed by atoms with E-state index in [2.05, 4.69) is 146 Å². The Labute approximate surface area is 385 Å². The van der Waals surface area contributed by atoms with Crippen molar-refractivity contribution >= 4 is 42.4 Å². The summed E-state index contributed by atoms with van der Waals surface area (Å²) in [5.41, 5.74) is 11.5. The third-order valence-electron chi connectivity index (χ3n) is 12.3. The number of nitrogens with zero attached hydrogens (tertiary/aromatic N) is 3. The summed E-state index contributed by atoms with van der Waals surface area (Å²) in [6, 6.07) is 33.4. The molecule has 0 bridgehead atoms. The van der Waals surface area contributed by atoms with E-state index < -0.39 is 7.81 Å². The van der Waals surface area contributed by atoms with E-state index in [1.54, 1.807) is 0 Å². The molecule has 2 amide bonds. The number of carbonyl (C=O) groups is 2. The van der Waals surface area contributed by atoms with Gasteiger partial charge in [0.2, 0.25) is 17.5 Å². The normalized spacial score (nSPS) is 17.3. The van der Waals surface area contributed by atoms with Gasteiger partial charge in [0.25, 0.3) is 0 Å². The molecule has 66 heavy (non-hydrogen) atoms. The number of para-hydroxylation sites is 3. The number of rotatable bonds is 15. The van der Waals surface area contributed by atoms with Crippen LogP contribution in [-0.2, 0) is 27.0 Å². The van der Waals surface area contributed by atoms with E-state index in [9.17, 15) is 34.8 Å². The summed E-state index contributed by atoms with van der Waals surface area (Å²) < 4.78 is 61.5. The first-order valence-corrected chi connectivity index (χ1v) is 24.5. The van der Waals surface area contributed by atoms with Crippen LogP contribution in [0.3, 0.4) is 0 Å². The number of nitrogens with one attached hydrogen (secondary N) is 1. The van der Waals surface area contributed by atoms with Crippen molar-refractivity contribution in [3.8, 4) is 11.8 Å². The van der Waals surface area contributed by atoms with E-state index >= 15 is 0 Å². The quantitative estimate of drug-likeness (QED) is 0.0323. The van der Waals surface area contributed by atoms with E-state index in [-0.39, 0.29) is 22.6 Å². The number of benzene rings is 4. The molecule has 4 aromatic carbocycles. The Morgan fingerprint density at radius 3 is 2.00 bits per heavy atom. The summed E-state index contributed by atoms with van der Waals surface area (Å²) in [5, 5.41) is 3.11. The zero-order chi connectivity index (χ0) is 47.8. The number of carbonyl (C=O) groups excluding carboxylic acids is 2. The fraction of sp³-hybridized carbons (Fsp3) is 0.340. The van der Waals surface area contributed by atoms with Crippen LogP contribution in [-0.4, -0.2) is 42.2 Å². The van der Waals surface area contributed by atoms with Crippen LogP contribution in [0, 0.1) is 11.8 Å². The van der Waals surface area contributed by atoms with Crippen LogP contribution < -0.4 is 15.1 Å². The van der Waals surface area contributed by atoms with Crippen LogP contribution in [0.25, 0.3) is 0 Å². The van der Waals surface area contributed by atoms with Gasteiger partial charge in [0.15, 0.2) is 5.71 Å². The molecule has 0 saturated heterocycles. The standard InChI is InChI=1S/C53H58N4O2.F6P/c1-52(2)43-26-16-19-29-46(43)55(5)48(52)31-9-6-10-32-49-53(3,4)44-27-17-20-30-47(44)56(49)38-22-8-11-33-50(58)54-37-21-7-12-34-51(59)57-39-42-25-14-13-23-40(42)35-36-41-24-15-18-28-45(41)57;1-7(2,3,4,5)6/h6,9-10,13-20,23-32H,7-8,11-12,21-22,33-34,37-39H2,1-5H3;/q;-1/p+1. The van der Waals surface area contributed by atoms with Gasteiger partial charge in [0.05, 0.1) is 17.6 Å². The van der Waals surface area contributed by atoms with Crippen molar-refractivity contribution in [1.29, 1.82) is 0 Å². The SMILES string of the molecule is C[N+]1=C(/C=C/C=C/C=C2/N(CCCCCC(=O)NCCCCCC(=O)N3Cc4ccccc4C#Cc4ccccc43)c3ccccc3C2(C)C)C(C)(C)c2ccccc21.F[P-](F)(F)(F)(F)F. The number of fused-ring (bicyclic) bond motifs is 4. The Bertz CT molecular complexity index is 2630. The van der Waals surface area contributed by atoms with Gasteiger partial charge in [0, 0.05) is 71.6 Å². The Morgan fingerprint density at radius 2 is 1.27 bits per heavy atom. The summed E-state index contributed by atoms with van der Waals surface area (Å²) in [7, 11) is -8.50. The number of hydrogen-bond donors (Lipinski definition) is 1. The summed E-state index contributed by atoms with van der Waals surface area (Å²) in [6.07, 6.45) is 17.4. The molecule has 1 N–H and O–H groups in total. The van der Waals surface area contributed by atoms with Crippen molar-refractivity contribution < 1.29 is 39.3 Å². The molecule has 3 aliphatic heterocycles. The van der Waals surface area contributed by atoms with Crippen molar-refractivity contribution in [3.05, 3.63) is 161 Å². The van der Waals surface area contributed by atoms with Gasteiger partial charge >= 0.3 is 33.0 Å². The molecule has 0 fully saturated rings. The van der Waals surface area contributed by atoms with Gasteiger partial charge in [-0.3, -0.25) is 9.59 Å². The summed E-state index contributed by atoms with van der Waals surface area (Å²) >= 11 is 0. The van der Waals surface area contributed by atoms with E-state index in [0.717, 1.165) is 67.4 Å². The van der Waals surface area contributed by atoms with Gasteiger partial charge in [-0.15, -0.1) is 0 Å². The maximum atomic E-state index is 13.5. The predicted molar refractivity (Wildman–Crippen MR) is 257 cm³/mol. The number of allylic oxidation sites excluding steroid dienone is 6. The second kappa shape index (κ2) is 19.5. The summed E-state index contributed by atoms with van der Waals surface area (Å²) in [4.78, 5) is 30.6. The molecule has 0 radical (unpaired) electrons. The number of hydrogen-bond acceptors (Lipinski definition) is 3. The van der Waals surface area contributed by atoms with Crippen LogP contribution in [0.1, 0.15) is 107 Å². The Hall–Kier alpha value is -5.92. The molecule has 13 heteroatoms. The first-order chi connectivity index (χ1) is 31.0. The monoisotopic (exact) mass is 928 g/mol. The second-order valence-corrected chi connectivity index (χ2v) is 19.9. The van der Waals surface area contributed by atoms with Crippen LogP contribution >= 0.6 is 7.81 Å². The number of unbranched alkanes of at least 4 members (excludes halogenated alkanes) is 4. The summed E-state index contributed by atoms with van der Waals surface area (Å²) in [6.45, 7) is 11.3. The molecule has 3 aliphatic rings. The molecule has 0 saturated carbocycles. The maximum absolute atomic E-state index is 13.5. The Balaban J connectivity index is 0.000000952. The molecular formula is C53H59F6N4O2P. The van der Waals surface area contributed by atoms with Gasteiger partial charge in [-0.2, -0.15) is 4.58 Å². The Morgan fingerprint density at radius 1 is 0.682 bits per heavy atom. The van der Waals surface area contributed by atoms with Crippen molar-refractivity contribution in [2.24, 2.45) is 0 Å². The summed E-state index contributed by atoms with van der Waals surface area (Å²) in [5.74, 6) is 6.77. The topological polar surface area (TPSA) is 55.7 Å². The van der Waals surface area contributed by atoms with Gasteiger partial charge in [-0.25, -0.2) is 0 Å². The first kappa shape index (κ1) is 49.5. The van der Waals surface area contributed by atoms with Crippen molar-refractivity contribution in [3.63, 3.8) is 0 Å². The molecule has 350 valence electrons. The molecule has 6 nitrogen and oxygen atoms in total. The zero-order valence-corrected chi connectivity index (χ0v) is 39.2. The van der Waals surface area contributed by atoms with Crippen LogP contribution in [0.4, 0.5) is 42.2 Å². The van der Waals surface area contributed by atoms with Gasteiger partial charge in [-0.05, 0) is 81.0 Å². The van der Waals surface area contributed by atoms with Crippen LogP contribution in [0.15, 0.2) is 133 Å². The molecule has 0 unspecified atom stereocenters. The van der Waals surface area contributed by atoms with E-state index in [1.807, 2.05) is 47.4 Å². The average molecular weight is 929 g/mol. The van der Waals surface area contributed by atoms with Crippen molar-refractivity contribution in [2.75, 3.05) is 29.9 Å².